The summed E-state index contributed by atoms with van der Waals surface area (Å²) < 4.78 is 6.52. The summed E-state index contributed by atoms with van der Waals surface area (Å²) in [6.07, 6.45) is 11.4. The zero-order valence-corrected chi connectivity index (χ0v) is 11.4. The molecule has 1 aromatic rings. The van der Waals surface area contributed by atoms with Gasteiger partial charge in [-0.3, -0.25) is 4.48 Å². The van der Waals surface area contributed by atoms with Crippen LogP contribution in [0.2, 0.25) is 0 Å². The largest absolute Gasteiger partial charge is 0.491 e. The highest BCUT2D eigenvalue weighted by Crippen LogP contribution is 2.45. The van der Waals surface area contributed by atoms with E-state index in [1.165, 1.54) is 43.4 Å². The molecule has 2 heteroatoms. The summed E-state index contributed by atoms with van der Waals surface area (Å²) >= 11 is 0. The molecule has 0 spiro atoms. The maximum atomic E-state index is 5.59. The average Bonchev–Trinajstić information content (AvgIpc) is 2.79. The Kier molecular flexibility index (Phi) is 2.90. The van der Waals surface area contributed by atoms with Gasteiger partial charge in [-0.15, -0.1) is 0 Å². The zero-order valence-electron chi connectivity index (χ0n) is 11.4. The van der Waals surface area contributed by atoms with Crippen molar-refractivity contribution in [3.05, 3.63) is 30.0 Å². The molecule has 0 saturated heterocycles. The maximum Gasteiger partial charge on any atom is 0.187 e. The molecule has 0 amide bonds. The van der Waals surface area contributed by atoms with E-state index in [0.29, 0.717) is 6.04 Å². The Morgan fingerprint density at radius 1 is 1.17 bits per heavy atom. The van der Waals surface area contributed by atoms with E-state index >= 15 is 0 Å². The Morgan fingerprint density at radius 3 is 2.67 bits per heavy atom. The third-order valence-electron chi connectivity index (χ3n) is 4.63. The van der Waals surface area contributed by atoms with Gasteiger partial charge in [0.1, 0.15) is 6.20 Å². The Hall–Kier alpha value is -1.28. The molecule has 1 atom stereocenters. The molecule has 0 radical (unpaired) electrons. The Labute approximate surface area is 109 Å². The fourth-order valence-corrected chi connectivity index (χ4v) is 3.59. The predicted octanol–water partition coefficient (Wildman–Crippen LogP) is 3.95. The van der Waals surface area contributed by atoms with Crippen molar-refractivity contribution in [3.63, 3.8) is 0 Å². The van der Waals surface area contributed by atoms with Crippen molar-refractivity contribution in [2.45, 2.75) is 38.1 Å². The predicted molar refractivity (Wildman–Crippen MR) is 76.6 cm³/mol. The second kappa shape index (κ2) is 4.43. The van der Waals surface area contributed by atoms with Crippen LogP contribution >= 0.6 is 0 Å². The fourth-order valence-electron chi connectivity index (χ4n) is 3.59. The zero-order chi connectivity index (χ0) is 12.6. The number of rotatable bonds is 2. The smallest absolute Gasteiger partial charge is 0.187 e. The summed E-state index contributed by atoms with van der Waals surface area (Å²) in [7, 11) is 4.11. The first-order valence-electron chi connectivity index (χ1n) is 6.98. The van der Waals surface area contributed by atoms with Gasteiger partial charge in [0.05, 0.1) is 20.2 Å². The van der Waals surface area contributed by atoms with E-state index in [1.54, 1.807) is 7.11 Å². The lowest BCUT2D eigenvalue weighted by molar-refractivity contribution is 0.251. The van der Waals surface area contributed by atoms with Gasteiger partial charge in [0.15, 0.2) is 11.4 Å². The highest BCUT2D eigenvalue weighted by molar-refractivity contribution is 5.78. The van der Waals surface area contributed by atoms with Crippen LogP contribution in [-0.2, 0) is 0 Å². The molecule has 1 unspecified atom stereocenters. The van der Waals surface area contributed by atoms with Crippen molar-refractivity contribution in [2.24, 2.45) is 0 Å². The lowest BCUT2D eigenvalue weighted by Gasteiger charge is -2.38. The van der Waals surface area contributed by atoms with Crippen LogP contribution in [0.3, 0.4) is 0 Å². The van der Waals surface area contributed by atoms with Crippen molar-refractivity contribution < 1.29 is 4.74 Å². The van der Waals surface area contributed by atoms with E-state index in [2.05, 4.69) is 37.5 Å². The van der Waals surface area contributed by atoms with Gasteiger partial charge in [-0.05, 0) is 25.0 Å². The SMILES string of the molecule is COc1cccc2c1[N+](C)(C1CCCCC1)C=C2. The first kappa shape index (κ1) is 11.8. The lowest BCUT2D eigenvalue weighted by atomic mass is 9.92. The van der Waals surface area contributed by atoms with Crippen molar-refractivity contribution in [3.8, 4) is 5.75 Å². The van der Waals surface area contributed by atoms with Crippen molar-refractivity contribution in [1.82, 2.24) is 4.48 Å². The monoisotopic (exact) mass is 244 g/mol. The molecule has 0 N–H and O–H groups in total. The molecule has 0 aromatic heterocycles. The molecule has 2 nitrogen and oxygen atoms in total. The highest BCUT2D eigenvalue weighted by atomic mass is 16.5. The third kappa shape index (κ3) is 1.67. The number of hydrogen-bond donors (Lipinski definition) is 0. The Morgan fingerprint density at radius 2 is 1.94 bits per heavy atom. The molecule has 1 aliphatic heterocycles. The third-order valence-corrected chi connectivity index (χ3v) is 4.63. The van der Waals surface area contributed by atoms with Crippen molar-refractivity contribution in [1.29, 1.82) is 0 Å². The van der Waals surface area contributed by atoms with Crippen LogP contribution in [0.5, 0.6) is 5.75 Å². The topological polar surface area (TPSA) is 9.23 Å². The van der Waals surface area contributed by atoms with E-state index < -0.39 is 0 Å². The number of quaternary nitrogens is 1. The van der Waals surface area contributed by atoms with Gasteiger partial charge in [0.2, 0.25) is 0 Å². The Bertz CT molecular complexity index is 474. The molecule has 1 aromatic carbocycles. The van der Waals surface area contributed by atoms with E-state index in [4.69, 9.17) is 4.74 Å². The normalized spacial score (nSPS) is 27.2. The van der Waals surface area contributed by atoms with Crippen LogP contribution < -0.4 is 9.22 Å². The molecule has 18 heavy (non-hydrogen) atoms. The number of nitrogens with zero attached hydrogens (tertiary/aromatic N) is 1. The minimum atomic E-state index is 0.715. The lowest BCUT2D eigenvalue weighted by Crippen LogP contribution is -2.48. The van der Waals surface area contributed by atoms with Crippen LogP contribution in [0.4, 0.5) is 5.69 Å². The molecule has 1 saturated carbocycles. The van der Waals surface area contributed by atoms with Crippen LogP contribution in [0.1, 0.15) is 37.7 Å². The standard InChI is InChI=1S/C16H22NO/c1-17(14-8-4-3-5-9-14)12-11-13-7-6-10-15(18-2)16(13)17/h6-7,10-12,14H,3-5,8-9H2,1-2H3/q+1. The summed E-state index contributed by atoms with van der Waals surface area (Å²) in [5, 5.41) is 0. The fraction of sp³-hybridized carbons (Fsp3) is 0.500. The van der Waals surface area contributed by atoms with Crippen molar-refractivity contribution >= 4 is 11.8 Å². The van der Waals surface area contributed by atoms with Gasteiger partial charge in [0.25, 0.3) is 0 Å². The van der Waals surface area contributed by atoms with Gasteiger partial charge in [-0.2, -0.15) is 0 Å². The summed E-state index contributed by atoms with van der Waals surface area (Å²) in [4.78, 5) is 0. The van der Waals surface area contributed by atoms with Crippen LogP contribution in [0, 0.1) is 0 Å². The molecule has 2 aliphatic rings. The second-order valence-corrected chi connectivity index (χ2v) is 5.65. The number of hydrogen-bond acceptors (Lipinski definition) is 1. The van der Waals surface area contributed by atoms with E-state index in [9.17, 15) is 0 Å². The average molecular weight is 244 g/mol. The molecule has 1 heterocycles. The molecule has 96 valence electrons. The molecular weight excluding hydrogens is 222 g/mol. The molecule has 1 aliphatic carbocycles. The van der Waals surface area contributed by atoms with Gasteiger partial charge in [-0.25, -0.2) is 0 Å². The van der Waals surface area contributed by atoms with Crippen LogP contribution in [-0.4, -0.2) is 20.2 Å². The number of para-hydroxylation sites is 1. The van der Waals surface area contributed by atoms with E-state index in [1.807, 2.05) is 0 Å². The Balaban J connectivity index is 2.04. The van der Waals surface area contributed by atoms with Crippen molar-refractivity contribution in [2.75, 3.05) is 14.2 Å². The quantitative estimate of drug-likeness (QED) is 0.716. The van der Waals surface area contributed by atoms with E-state index in [-0.39, 0.29) is 0 Å². The summed E-state index contributed by atoms with van der Waals surface area (Å²) in [6.45, 7) is 0. The van der Waals surface area contributed by atoms with Gasteiger partial charge in [-0.1, -0.05) is 12.5 Å². The maximum absolute atomic E-state index is 5.59. The first-order chi connectivity index (χ1) is 8.75. The number of methoxy groups -OCH3 is 1. The molecule has 1 fully saturated rings. The van der Waals surface area contributed by atoms with Gasteiger partial charge in [0, 0.05) is 24.5 Å². The highest BCUT2D eigenvalue weighted by Gasteiger charge is 2.40. The summed E-state index contributed by atoms with van der Waals surface area (Å²) in [5.74, 6) is 1.03. The van der Waals surface area contributed by atoms with Gasteiger partial charge < -0.3 is 4.74 Å². The summed E-state index contributed by atoms with van der Waals surface area (Å²) in [5.41, 5.74) is 2.68. The second-order valence-electron chi connectivity index (χ2n) is 5.65. The molecule has 3 rings (SSSR count). The van der Waals surface area contributed by atoms with Crippen LogP contribution in [0.25, 0.3) is 6.08 Å². The van der Waals surface area contributed by atoms with Gasteiger partial charge >= 0.3 is 0 Å². The number of benzene rings is 1. The first-order valence-corrected chi connectivity index (χ1v) is 6.98. The summed E-state index contributed by atoms with van der Waals surface area (Å²) in [6, 6.07) is 7.08. The minimum absolute atomic E-state index is 0.715. The molecule has 0 bridgehead atoms. The van der Waals surface area contributed by atoms with E-state index in [0.717, 1.165) is 10.2 Å². The number of ether oxygens (including phenoxy) is 1. The van der Waals surface area contributed by atoms with Crippen LogP contribution in [0.15, 0.2) is 24.4 Å². The number of fused-ring (bicyclic) bond motifs is 1. The minimum Gasteiger partial charge on any atom is -0.491 e. The molecular formula is C16H22NO+.